The normalized spacial score (nSPS) is 17.5. The smallest absolute Gasteiger partial charge is 0.251 e. The molecule has 1 aliphatic heterocycles. The van der Waals surface area contributed by atoms with Gasteiger partial charge in [0.05, 0.1) is 17.6 Å². The average molecular weight is 335 g/mol. The maximum absolute atomic E-state index is 12.3. The number of rotatable bonds is 4. The number of aromatic nitrogens is 2. The van der Waals surface area contributed by atoms with Gasteiger partial charge >= 0.3 is 0 Å². The summed E-state index contributed by atoms with van der Waals surface area (Å²) in [5.74, 6) is 1.20. The zero-order valence-electron chi connectivity index (χ0n) is 14.0. The van der Waals surface area contributed by atoms with Gasteiger partial charge in [0.2, 0.25) is 0 Å². The van der Waals surface area contributed by atoms with Crippen LogP contribution in [0.2, 0.25) is 0 Å². The lowest BCUT2D eigenvalue weighted by molar-refractivity contribution is 0.0536. The van der Waals surface area contributed by atoms with Gasteiger partial charge in [-0.15, -0.1) is 0 Å². The van der Waals surface area contributed by atoms with E-state index in [0.29, 0.717) is 18.0 Å². The summed E-state index contributed by atoms with van der Waals surface area (Å²) in [6.07, 6.45) is 2.19. The maximum Gasteiger partial charge on any atom is 0.251 e. The Balaban J connectivity index is 1.43. The van der Waals surface area contributed by atoms with E-state index in [-0.39, 0.29) is 5.91 Å². The lowest BCUT2D eigenvalue weighted by Crippen LogP contribution is -2.33. The summed E-state index contributed by atoms with van der Waals surface area (Å²) in [4.78, 5) is 20.2. The highest BCUT2D eigenvalue weighted by molar-refractivity contribution is 5.94. The molecule has 128 valence electrons. The van der Waals surface area contributed by atoms with Crippen molar-refractivity contribution in [2.24, 2.45) is 5.92 Å². The van der Waals surface area contributed by atoms with Crippen LogP contribution in [-0.2, 0) is 4.74 Å². The molecule has 0 saturated carbocycles. The fourth-order valence-electron chi connectivity index (χ4n) is 3.18. The topological polar surface area (TPSA) is 67.0 Å². The average Bonchev–Trinajstić information content (AvgIpc) is 3.11. The summed E-state index contributed by atoms with van der Waals surface area (Å²) in [6, 6.07) is 15.5. The van der Waals surface area contributed by atoms with Crippen LogP contribution in [0.25, 0.3) is 22.4 Å². The highest BCUT2D eigenvalue weighted by Crippen LogP contribution is 2.20. The van der Waals surface area contributed by atoms with Crippen LogP contribution in [0.5, 0.6) is 0 Å². The summed E-state index contributed by atoms with van der Waals surface area (Å²) in [7, 11) is 0. The van der Waals surface area contributed by atoms with Crippen molar-refractivity contribution < 1.29 is 9.53 Å². The number of hydrogen-bond donors (Lipinski definition) is 2. The standard InChI is InChI=1S/C20H21N3O2/c24-20(21-12-14-4-3-11-25-13-14)16-9-7-15(8-10-16)19-22-17-5-1-2-6-18(17)23-19/h1-2,5-10,14H,3-4,11-13H2,(H,21,24)(H,22,23)/t14-/m1/s1. The molecule has 2 aromatic carbocycles. The highest BCUT2D eigenvalue weighted by atomic mass is 16.5. The molecule has 1 amide bonds. The molecule has 0 aliphatic carbocycles. The second-order valence-corrected chi connectivity index (χ2v) is 6.47. The van der Waals surface area contributed by atoms with Crippen LogP contribution in [0.4, 0.5) is 0 Å². The van der Waals surface area contributed by atoms with Crippen molar-refractivity contribution in [3.8, 4) is 11.4 Å². The molecule has 0 bridgehead atoms. The van der Waals surface area contributed by atoms with Crippen molar-refractivity contribution in [2.75, 3.05) is 19.8 Å². The van der Waals surface area contributed by atoms with Gasteiger partial charge in [0, 0.05) is 24.3 Å². The van der Waals surface area contributed by atoms with Crippen LogP contribution in [-0.4, -0.2) is 35.6 Å². The number of ether oxygens (including phenoxy) is 1. The first-order valence-corrected chi connectivity index (χ1v) is 8.71. The third-order valence-corrected chi connectivity index (χ3v) is 4.62. The first-order chi connectivity index (χ1) is 12.3. The van der Waals surface area contributed by atoms with E-state index in [1.54, 1.807) is 0 Å². The van der Waals surface area contributed by atoms with E-state index in [1.165, 1.54) is 0 Å². The number of carbonyl (C=O) groups excluding carboxylic acids is 1. The minimum Gasteiger partial charge on any atom is -0.381 e. The number of nitrogens with zero attached hydrogens (tertiary/aromatic N) is 1. The van der Waals surface area contributed by atoms with Crippen molar-refractivity contribution in [3.63, 3.8) is 0 Å². The Bertz CT molecular complexity index is 831. The van der Waals surface area contributed by atoms with Crippen LogP contribution in [0, 0.1) is 5.92 Å². The van der Waals surface area contributed by atoms with Crippen LogP contribution in [0.1, 0.15) is 23.2 Å². The van der Waals surface area contributed by atoms with Gasteiger partial charge in [0.1, 0.15) is 5.82 Å². The molecule has 2 N–H and O–H groups in total. The van der Waals surface area contributed by atoms with E-state index < -0.39 is 0 Å². The number of carbonyl (C=O) groups is 1. The predicted molar refractivity (Wildman–Crippen MR) is 97.4 cm³/mol. The van der Waals surface area contributed by atoms with Gasteiger partial charge in [-0.05, 0) is 43.0 Å². The molecule has 1 saturated heterocycles. The number of amides is 1. The van der Waals surface area contributed by atoms with E-state index in [2.05, 4.69) is 15.3 Å². The molecule has 0 spiro atoms. The summed E-state index contributed by atoms with van der Waals surface area (Å²) in [6.45, 7) is 2.25. The summed E-state index contributed by atoms with van der Waals surface area (Å²) in [5, 5.41) is 3.01. The lowest BCUT2D eigenvalue weighted by atomic mass is 10.0. The number of fused-ring (bicyclic) bond motifs is 1. The second kappa shape index (κ2) is 7.07. The summed E-state index contributed by atoms with van der Waals surface area (Å²) >= 11 is 0. The molecular formula is C20H21N3O2. The van der Waals surface area contributed by atoms with Gasteiger partial charge in [0.15, 0.2) is 0 Å². The van der Waals surface area contributed by atoms with E-state index in [1.807, 2.05) is 48.5 Å². The molecule has 4 rings (SSSR count). The third kappa shape index (κ3) is 3.56. The highest BCUT2D eigenvalue weighted by Gasteiger charge is 2.15. The molecule has 1 aliphatic rings. The number of nitrogens with one attached hydrogen (secondary N) is 2. The predicted octanol–water partition coefficient (Wildman–Crippen LogP) is 3.39. The molecule has 1 fully saturated rings. The number of para-hydroxylation sites is 2. The number of imidazole rings is 1. The van der Waals surface area contributed by atoms with Crippen LogP contribution in [0.15, 0.2) is 48.5 Å². The SMILES string of the molecule is O=C(NC[C@H]1CCCOC1)c1ccc(-c2nc3ccccc3[nH]2)cc1. The third-order valence-electron chi connectivity index (χ3n) is 4.62. The lowest BCUT2D eigenvalue weighted by Gasteiger charge is -2.22. The molecule has 5 nitrogen and oxygen atoms in total. The van der Waals surface area contributed by atoms with Gasteiger partial charge in [0.25, 0.3) is 5.91 Å². The van der Waals surface area contributed by atoms with Crippen LogP contribution < -0.4 is 5.32 Å². The monoisotopic (exact) mass is 335 g/mol. The Morgan fingerprint density at radius 1 is 1.20 bits per heavy atom. The van der Waals surface area contributed by atoms with Gasteiger partial charge in [-0.25, -0.2) is 4.98 Å². The second-order valence-electron chi connectivity index (χ2n) is 6.47. The van der Waals surface area contributed by atoms with Crippen molar-refractivity contribution >= 4 is 16.9 Å². The molecule has 25 heavy (non-hydrogen) atoms. The summed E-state index contributed by atoms with van der Waals surface area (Å²) in [5.41, 5.74) is 3.58. The van der Waals surface area contributed by atoms with Gasteiger partial charge < -0.3 is 15.0 Å². The molecule has 0 radical (unpaired) electrons. The summed E-state index contributed by atoms with van der Waals surface area (Å²) < 4.78 is 5.45. The Morgan fingerprint density at radius 2 is 2.04 bits per heavy atom. The van der Waals surface area contributed by atoms with Gasteiger partial charge in [-0.1, -0.05) is 24.3 Å². The number of benzene rings is 2. The van der Waals surface area contributed by atoms with Crippen molar-refractivity contribution in [3.05, 3.63) is 54.1 Å². The minimum atomic E-state index is -0.0401. The Hall–Kier alpha value is -2.66. The van der Waals surface area contributed by atoms with E-state index in [9.17, 15) is 4.79 Å². The molecule has 1 aromatic heterocycles. The quantitative estimate of drug-likeness (QED) is 0.768. The molecule has 2 heterocycles. The van der Waals surface area contributed by atoms with Crippen LogP contribution in [0.3, 0.4) is 0 Å². The van der Waals surface area contributed by atoms with E-state index >= 15 is 0 Å². The molecule has 3 aromatic rings. The van der Waals surface area contributed by atoms with Crippen LogP contribution >= 0.6 is 0 Å². The fourth-order valence-corrected chi connectivity index (χ4v) is 3.18. The van der Waals surface area contributed by atoms with E-state index in [4.69, 9.17) is 4.74 Å². The molecule has 0 unspecified atom stereocenters. The molecular weight excluding hydrogens is 314 g/mol. The van der Waals surface area contributed by atoms with Crippen molar-refractivity contribution in [1.29, 1.82) is 0 Å². The van der Waals surface area contributed by atoms with E-state index in [0.717, 1.165) is 48.5 Å². The zero-order valence-corrected chi connectivity index (χ0v) is 14.0. The zero-order chi connectivity index (χ0) is 17.1. The minimum absolute atomic E-state index is 0.0401. The number of H-pyrrole nitrogens is 1. The van der Waals surface area contributed by atoms with Crippen molar-refractivity contribution in [2.45, 2.75) is 12.8 Å². The Morgan fingerprint density at radius 3 is 2.80 bits per heavy atom. The van der Waals surface area contributed by atoms with Gasteiger partial charge in [-0.3, -0.25) is 4.79 Å². The van der Waals surface area contributed by atoms with Crippen molar-refractivity contribution in [1.82, 2.24) is 15.3 Å². The Kier molecular flexibility index (Phi) is 4.48. The fraction of sp³-hybridized carbons (Fsp3) is 0.300. The number of aromatic amines is 1. The Labute approximate surface area is 146 Å². The first kappa shape index (κ1) is 15.8. The first-order valence-electron chi connectivity index (χ1n) is 8.71. The largest absolute Gasteiger partial charge is 0.381 e. The molecule has 1 atom stereocenters. The van der Waals surface area contributed by atoms with Gasteiger partial charge in [-0.2, -0.15) is 0 Å². The maximum atomic E-state index is 12.3. The number of hydrogen-bond acceptors (Lipinski definition) is 3. The molecule has 5 heteroatoms.